The lowest BCUT2D eigenvalue weighted by Crippen LogP contribution is -2.16. The third-order valence-corrected chi connectivity index (χ3v) is 2.03. The van der Waals surface area contributed by atoms with Crippen molar-refractivity contribution < 1.29 is 4.79 Å². The quantitative estimate of drug-likeness (QED) is 0.726. The van der Waals surface area contributed by atoms with Crippen LogP contribution in [0.4, 0.5) is 5.69 Å². The highest BCUT2D eigenvalue weighted by molar-refractivity contribution is 7.80. The van der Waals surface area contributed by atoms with Crippen LogP contribution in [0.5, 0.6) is 0 Å². The zero-order valence-electron chi connectivity index (χ0n) is 8.13. The van der Waals surface area contributed by atoms with Crippen LogP contribution in [0.25, 0.3) is 0 Å². The predicted molar refractivity (Wildman–Crippen MR) is 61.4 cm³/mol. The van der Waals surface area contributed by atoms with E-state index in [1.807, 2.05) is 19.1 Å². The summed E-state index contributed by atoms with van der Waals surface area (Å²) < 4.78 is 0. The lowest BCUT2D eigenvalue weighted by atomic mass is 10.1. The van der Waals surface area contributed by atoms with E-state index in [9.17, 15) is 4.79 Å². The Morgan fingerprint density at radius 3 is 2.64 bits per heavy atom. The van der Waals surface area contributed by atoms with Crippen molar-refractivity contribution >= 4 is 28.8 Å². The Kier molecular flexibility index (Phi) is 3.19. The monoisotopic (exact) mass is 208 g/mol. The van der Waals surface area contributed by atoms with Crippen molar-refractivity contribution in [2.24, 2.45) is 5.73 Å². The molecule has 0 aromatic heterocycles. The highest BCUT2D eigenvalue weighted by Gasteiger charge is 2.08. The first kappa shape index (κ1) is 10.7. The standard InChI is InChI=1S/C10H12N2OS/c1-6-4-3-5-8(12-7(2)13)9(6)10(11)14/h3-5H,1-2H3,(H2,11,14)(H,12,13). The maximum absolute atomic E-state index is 10.9. The molecule has 0 atom stereocenters. The minimum atomic E-state index is -0.131. The molecule has 0 radical (unpaired) electrons. The summed E-state index contributed by atoms with van der Waals surface area (Å²) in [6.45, 7) is 3.35. The van der Waals surface area contributed by atoms with Gasteiger partial charge in [-0.05, 0) is 18.6 Å². The van der Waals surface area contributed by atoms with E-state index in [2.05, 4.69) is 5.32 Å². The first-order chi connectivity index (χ1) is 6.52. The number of aryl methyl sites for hydroxylation is 1. The van der Waals surface area contributed by atoms with Crippen molar-refractivity contribution in [1.82, 2.24) is 0 Å². The molecule has 0 aliphatic heterocycles. The molecule has 14 heavy (non-hydrogen) atoms. The van der Waals surface area contributed by atoms with Crippen LogP contribution in [0.15, 0.2) is 18.2 Å². The Labute approximate surface area is 88.3 Å². The minimum Gasteiger partial charge on any atom is -0.389 e. The molecule has 74 valence electrons. The molecule has 1 aromatic carbocycles. The molecule has 1 rings (SSSR count). The van der Waals surface area contributed by atoms with Crippen molar-refractivity contribution in [2.45, 2.75) is 13.8 Å². The fourth-order valence-corrected chi connectivity index (χ4v) is 1.56. The Morgan fingerprint density at radius 1 is 1.50 bits per heavy atom. The molecule has 3 nitrogen and oxygen atoms in total. The van der Waals surface area contributed by atoms with E-state index >= 15 is 0 Å². The number of anilines is 1. The number of rotatable bonds is 2. The number of nitrogens with two attached hydrogens (primary N) is 1. The molecule has 3 N–H and O–H groups in total. The summed E-state index contributed by atoms with van der Waals surface area (Å²) in [7, 11) is 0. The molecule has 0 saturated heterocycles. The van der Waals surface area contributed by atoms with E-state index in [0.717, 1.165) is 11.1 Å². The van der Waals surface area contributed by atoms with Gasteiger partial charge in [0.25, 0.3) is 0 Å². The van der Waals surface area contributed by atoms with Gasteiger partial charge in [0, 0.05) is 12.5 Å². The number of amides is 1. The summed E-state index contributed by atoms with van der Waals surface area (Å²) in [5, 5.41) is 2.69. The van der Waals surface area contributed by atoms with Crippen LogP contribution in [0.3, 0.4) is 0 Å². The van der Waals surface area contributed by atoms with Crippen LogP contribution in [0.2, 0.25) is 0 Å². The Hall–Kier alpha value is -1.42. The molecule has 1 aromatic rings. The molecule has 0 bridgehead atoms. The molecular weight excluding hydrogens is 196 g/mol. The fraction of sp³-hybridized carbons (Fsp3) is 0.200. The van der Waals surface area contributed by atoms with Gasteiger partial charge in [-0.15, -0.1) is 0 Å². The maximum atomic E-state index is 10.9. The van der Waals surface area contributed by atoms with Crippen LogP contribution in [0.1, 0.15) is 18.1 Å². The Balaban J connectivity index is 3.21. The second kappa shape index (κ2) is 4.19. The van der Waals surface area contributed by atoms with Crippen molar-refractivity contribution in [3.05, 3.63) is 29.3 Å². The highest BCUT2D eigenvalue weighted by atomic mass is 32.1. The average Bonchev–Trinajstić information content (AvgIpc) is 2.01. The molecule has 1 amide bonds. The van der Waals surface area contributed by atoms with Gasteiger partial charge in [0.15, 0.2) is 0 Å². The second-order valence-electron chi connectivity index (χ2n) is 3.04. The fourth-order valence-electron chi connectivity index (χ4n) is 1.29. The van der Waals surface area contributed by atoms with Gasteiger partial charge in [0.05, 0.1) is 5.69 Å². The largest absolute Gasteiger partial charge is 0.389 e. The summed E-state index contributed by atoms with van der Waals surface area (Å²) in [5.74, 6) is -0.131. The summed E-state index contributed by atoms with van der Waals surface area (Å²) >= 11 is 4.92. The van der Waals surface area contributed by atoms with Crippen molar-refractivity contribution in [1.29, 1.82) is 0 Å². The van der Waals surface area contributed by atoms with Crippen molar-refractivity contribution in [3.8, 4) is 0 Å². The highest BCUT2D eigenvalue weighted by Crippen LogP contribution is 2.19. The van der Waals surface area contributed by atoms with E-state index in [1.54, 1.807) is 6.07 Å². The van der Waals surface area contributed by atoms with Gasteiger partial charge in [-0.1, -0.05) is 24.4 Å². The Morgan fingerprint density at radius 2 is 2.14 bits per heavy atom. The second-order valence-corrected chi connectivity index (χ2v) is 3.48. The molecular formula is C10H12N2OS. The molecule has 4 heteroatoms. The van der Waals surface area contributed by atoms with Crippen LogP contribution in [0, 0.1) is 6.92 Å². The van der Waals surface area contributed by atoms with Crippen molar-refractivity contribution in [3.63, 3.8) is 0 Å². The maximum Gasteiger partial charge on any atom is 0.221 e. The number of carbonyl (C=O) groups is 1. The minimum absolute atomic E-state index is 0.131. The van der Waals surface area contributed by atoms with Gasteiger partial charge < -0.3 is 11.1 Å². The van der Waals surface area contributed by atoms with Gasteiger partial charge in [-0.2, -0.15) is 0 Å². The first-order valence-electron chi connectivity index (χ1n) is 4.19. The van der Waals surface area contributed by atoms with Gasteiger partial charge in [0.2, 0.25) is 5.91 Å². The third kappa shape index (κ3) is 2.29. The van der Waals surface area contributed by atoms with Gasteiger partial charge in [0.1, 0.15) is 4.99 Å². The number of carbonyl (C=O) groups excluding carboxylic acids is 1. The lowest BCUT2D eigenvalue weighted by Gasteiger charge is -2.10. The summed E-state index contributed by atoms with van der Waals surface area (Å²) in [6, 6.07) is 5.53. The smallest absolute Gasteiger partial charge is 0.221 e. The summed E-state index contributed by atoms with van der Waals surface area (Å²) in [5.41, 5.74) is 7.94. The van der Waals surface area contributed by atoms with E-state index < -0.39 is 0 Å². The van der Waals surface area contributed by atoms with Gasteiger partial charge in [-0.3, -0.25) is 4.79 Å². The first-order valence-corrected chi connectivity index (χ1v) is 4.60. The van der Waals surface area contributed by atoms with E-state index in [4.69, 9.17) is 18.0 Å². The van der Waals surface area contributed by atoms with Crippen molar-refractivity contribution in [2.75, 3.05) is 5.32 Å². The van der Waals surface area contributed by atoms with Crippen LogP contribution in [-0.2, 0) is 4.79 Å². The topological polar surface area (TPSA) is 55.1 Å². The van der Waals surface area contributed by atoms with E-state index in [0.29, 0.717) is 10.7 Å². The predicted octanol–water partition coefficient (Wildman–Crippen LogP) is 1.59. The number of thiocarbonyl (C=S) groups is 1. The molecule has 0 fully saturated rings. The third-order valence-electron chi connectivity index (χ3n) is 1.83. The average molecular weight is 208 g/mol. The molecule has 0 aliphatic carbocycles. The molecule has 0 unspecified atom stereocenters. The zero-order chi connectivity index (χ0) is 10.7. The van der Waals surface area contributed by atoms with E-state index in [-0.39, 0.29) is 5.91 Å². The van der Waals surface area contributed by atoms with Gasteiger partial charge in [-0.25, -0.2) is 0 Å². The zero-order valence-corrected chi connectivity index (χ0v) is 8.94. The summed E-state index contributed by atoms with van der Waals surface area (Å²) in [4.78, 5) is 11.2. The normalized spacial score (nSPS) is 9.57. The molecule has 0 aliphatic rings. The van der Waals surface area contributed by atoms with Crippen LogP contribution < -0.4 is 11.1 Å². The Bertz CT molecular complexity index is 388. The molecule has 0 heterocycles. The van der Waals surface area contributed by atoms with E-state index in [1.165, 1.54) is 6.92 Å². The SMILES string of the molecule is CC(=O)Nc1cccc(C)c1C(N)=S. The summed E-state index contributed by atoms with van der Waals surface area (Å²) in [6.07, 6.45) is 0. The number of hydrogen-bond donors (Lipinski definition) is 2. The number of hydrogen-bond acceptors (Lipinski definition) is 2. The number of nitrogens with one attached hydrogen (secondary N) is 1. The lowest BCUT2D eigenvalue weighted by molar-refractivity contribution is -0.114. The van der Waals surface area contributed by atoms with Gasteiger partial charge >= 0.3 is 0 Å². The number of benzene rings is 1. The van der Waals surface area contributed by atoms with Crippen LogP contribution in [-0.4, -0.2) is 10.9 Å². The molecule has 0 spiro atoms. The molecule has 0 saturated carbocycles. The van der Waals surface area contributed by atoms with Crippen LogP contribution >= 0.6 is 12.2 Å².